The summed E-state index contributed by atoms with van der Waals surface area (Å²) in [7, 11) is -3.48. The van der Waals surface area contributed by atoms with Gasteiger partial charge in [0.15, 0.2) is 11.5 Å². The van der Waals surface area contributed by atoms with Gasteiger partial charge in [-0.1, -0.05) is 0 Å². The predicted octanol–water partition coefficient (Wildman–Crippen LogP) is 1.11. The van der Waals surface area contributed by atoms with E-state index in [-0.39, 0.29) is 16.4 Å². The molecular formula is C12H13N5O2S2. The zero-order valence-electron chi connectivity index (χ0n) is 11.2. The number of aromatic nitrogens is 2. The van der Waals surface area contributed by atoms with Gasteiger partial charge < -0.3 is 5.32 Å². The summed E-state index contributed by atoms with van der Waals surface area (Å²) in [5, 5.41) is 11.7. The first-order valence-electron chi connectivity index (χ1n) is 6.04. The van der Waals surface area contributed by atoms with E-state index < -0.39 is 10.0 Å². The van der Waals surface area contributed by atoms with Gasteiger partial charge >= 0.3 is 0 Å². The van der Waals surface area contributed by atoms with Crippen LogP contribution in [0, 0.1) is 18.3 Å². The molecule has 0 aliphatic carbocycles. The Kier molecular flexibility index (Phi) is 4.85. The highest BCUT2D eigenvalue weighted by molar-refractivity contribution is 7.91. The molecule has 0 unspecified atom stereocenters. The topological polar surface area (TPSA) is 108 Å². The molecule has 0 radical (unpaired) electrons. The van der Waals surface area contributed by atoms with E-state index in [0.29, 0.717) is 12.4 Å². The third-order valence-electron chi connectivity index (χ3n) is 2.49. The molecule has 0 amide bonds. The van der Waals surface area contributed by atoms with Crippen molar-refractivity contribution in [2.45, 2.75) is 11.1 Å². The minimum atomic E-state index is -3.48. The molecule has 0 spiro atoms. The number of nitriles is 1. The molecule has 0 saturated carbocycles. The summed E-state index contributed by atoms with van der Waals surface area (Å²) in [5.74, 6) is 0.339. The van der Waals surface area contributed by atoms with Gasteiger partial charge in [0, 0.05) is 30.4 Å². The summed E-state index contributed by atoms with van der Waals surface area (Å²) in [6, 6.07) is 5.24. The highest BCUT2D eigenvalue weighted by Gasteiger charge is 2.15. The van der Waals surface area contributed by atoms with E-state index in [2.05, 4.69) is 20.0 Å². The van der Waals surface area contributed by atoms with Crippen molar-refractivity contribution in [3.05, 3.63) is 35.1 Å². The third kappa shape index (κ3) is 3.98. The fraction of sp³-hybridized carbons (Fsp3) is 0.250. The molecule has 0 atom stereocenters. The van der Waals surface area contributed by atoms with Crippen molar-refractivity contribution in [1.82, 2.24) is 14.7 Å². The lowest BCUT2D eigenvalue weighted by Crippen LogP contribution is -2.28. The Balaban J connectivity index is 1.89. The van der Waals surface area contributed by atoms with E-state index in [1.807, 2.05) is 13.0 Å². The number of aryl methyl sites for hydroxylation is 1. The number of thiophene rings is 1. The second-order valence-corrected chi connectivity index (χ2v) is 7.34. The van der Waals surface area contributed by atoms with Crippen LogP contribution in [0.1, 0.15) is 10.6 Å². The van der Waals surface area contributed by atoms with Crippen molar-refractivity contribution in [1.29, 1.82) is 5.26 Å². The first kappa shape index (κ1) is 15.4. The average molecular weight is 323 g/mol. The Bertz CT molecular complexity index is 764. The van der Waals surface area contributed by atoms with E-state index >= 15 is 0 Å². The lowest BCUT2D eigenvalue weighted by atomic mass is 10.4. The van der Waals surface area contributed by atoms with Gasteiger partial charge in [-0.15, -0.1) is 11.3 Å². The van der Waals surface area contributed by atoms with E-state index in [1.165, 1.54) is 23.7 Å². The lowest BCUT2D eigenvalue weighted by Gasteiger charge is -2.07. The predicted molar refractivity (Wildman–Crippen MR) is 79.5 cm³/mol. The molecule has 0 aliphatic rings. The zero-order chi connectivity index (χ0) is 15.3. The Hall–Kier alpha value is -2.02. The van der Waals surface area contributed by atoms with Crippen LogP contribution in [0.4, 0.5) is 5.82 Å². The standard InChI is InChI=1S/C12H13N5O2S2/c1-9-2-3-11(20-9)21(18,19)17-7-6-16-12-10(8-13)14-4-5-15-12/h2-5,17H,6-7H2,1H3,(H,15,16). The number of sulfonamides is 1. The van der Waals surface area contributed by atoms with Crippen LogP contribution in [0.3, 0.4) is 0 Å². The molecular weight excluding hydrogens is 310 g/mol. The molecule has 0 saturated heterocycles. The van der Waals surface area contributed by atoms with Crippen molar-refractivity contribution in [2.24, 2.45) is 0 Å². The van der Waals surface area contributed by atoms with Crippen LogP contribution in [0.2, 0.25) is 0 Å². The second-order valence-electron chi connectivity index (χ2n) is 4.05. The first-order valence-corrected chi connectivity index (χ1v) is 8.34. The summed E-state index contributed by atoms with van der Waals surface area (Å²) in [4.78, 5) is 8.76. The van der Waals surface area contributed by atoms with Crippen LogP contribution in [0.15, 0.2) is 28.7 Å². The molecule has 0 aliphatic heterocycles. The zero-order valence-corrected chi connectivity index (χ0v) is 12.8. The van der Waals surface area contributed by atoms with Crippen molar-refractivity contribution in [2.75, 3.05) is 18.4 Å². The van der Waals surface area contributed by atoms with Crippen molar-refractivity contribution < 1.29 is 8.42 Å². The number of anilines is 1. The van der Waals surface area contributed by atoms with Gasteiger partial charge in [-0.2, -0.15) is 5.26 Å². The van der Waals surface area contributed by atoms with E-state index in [1.54, 1.807) is 12.1 Å². The summed E-state index contributed by atoms with van der Waals surface area (Å²) < 4.78 is 26.7. The third-order valence-corrected chi connectivity index (χ3v) is 5.45. The van der Waals surface area contributed by atoms with Crippen LogP contribution in [-0.2, 0) is 10.0 Å². The summed E-state index contributed by atoms with van der Waals surface area (Å²) in [6.07, 6.45) is 2.88. The lowest BCUT2D eigenvalue weighted by molar-refractivity contribution is 0.585. The largest absolute Gasteiger partial charge is 0.366 e. The molecule has 0 bridgehead atoms. The van der Waals surface area contributed by atoms with E-state index in [0.717, 1.165) is 4.88 Å². The molecule has 9 heteroatoms. The highest BCUT2D eigenvalue weighted by Crippen LogP contribution is 2.19. The molecule has 0 fully saturated rings. The Labute approximate surface area is 126 Å². The maximum atomic E-state index is 12.0. The van der Waals surface area contributed by atoms with E-state index in [9.17, 15) is 8.42 Å². The highest BCUT2D eigenvalue weighted by atomic mass is 32.2. The number of hydrogen-bond acceptors (Lipinski definition) is 7. The summed E-state index contributed by atoms with van der Waals surface area (Å²) in [6.45, 7) is 2.33. The first-order chi connectivity index (χ1) is 10.0. The SMILES string of the molecule is Cc1ccc(S(=O)(=O)NCCNc2nccnc2C#N)s1. The van der Waals surface area contributed by atoms with Gasteiger partial charge in [-0.05, 0) is 19.1 Å². The molecule has 110 valence electrons. The van der Waals surface area contributed by atoms with Crippen molar-refractivity contribution in [3.63, 3.8) is 0 Å². The second kappa shape index (κ2) is 6.62. The van der Waals surface area contributed by atoms with Crippen molar-refractivity contribution >= 4 is 27.2 Å². The van der Waals surface area contributed by atoms with Crippen LogP contribution >= 0.6 is 11.3 Å². The molecule has 7 nitrogen and oxygen atoms in total. The molecule has 2 rings (SSSR count). The number of hydrogen-bond donors (Lipinski definition) is 2. The maximum absolute atomic E-state index is 12.0. The number of rotatable bonds is 6. The molecule has 21 heavy (non-hydrogen) atoms. The van der Waals surface area contributed by atoms with E-state index in [4.69, 9.17) is 5.26 Å². The smallest absolute Gasteiger partial charge is 0.250 e. The Morgan fingerprint density at radius 3 is 2.71 bits per heavy atom. The van der Waals surface area contributed by atoms with Crippen LogP contribution in [-0.4, -0.2) is 31.5 Å². The van der Waals surface area contributed by atoms with Gasteiger partial charge in [-0.3, -0.25) is 0 Å². The van der Waals surface area contributed by atoms with Gasteiger partial charge in [0.2, 0.25) is 10.0 Å². The molecule has 2 aromatic rings. The Morgan fingerprint density at radius 1 is 1.29 bits per heavy atom. The van der Waals surface area contributed by atoms with Gasteiger partial charge in [-0.25, -0.2) is 23.1 Å². The summed E-state index contributed by atoms with van der Waals surface area (Å²) >= 11 is 1.22. The fourth-order valence-corrected chi connectivity index (χ4v) is 3.90. The molecule has 2 heterocycles. The maximum Gasteiger partial charge on any atom is 0.250 e. The summed E-state index contributed by atoms with van der Waals surface area (Å²) in [5.41, 5.74) is 0.175. The quantitative estimate of drug-likeness (QED) is 0.771. The minimum absolute atomic E-state index is 0.175. The van der Waals surface area contributed by atoms with Gasteiger partial charge in [0.1, 0.15) is 10.3 Å². The van der Waals surface area contributed by atoms with Crippen molar-refractivity contribution in [3.8, 4) is 6.07 Å². The van der Waals surface area contributed by atoms with Crippen LogP contribution in [0.25, 0.3) is 0 Å². The normalized spacial score (nSPS) is 11.0. The Morgan fingerprint density at radius 2 is 2.05 bits per heavy atom. The molecule has 0 aromatic carbocycles. The minimum Gasteiger partial charge on any atom is -0.366 e. The number of nitrogens with one attached hydrogen (secondary N) is 2. The average Bonchev–Trinajstić information content (AvgIpc) is 2.91. The molecule has 2 aromatic heterocycles. The van der Waals surface area contributed by atoms with Crippen LogP contribution in [0.5, 0.6) is 0 Å². The fourth-order valence-electron chi connectivity index (χ4n) is 1.54. The van der Waals surface area contributed by atoms with Gasteiger partial charge in [0.05, 0.1) is 0 Å². The molecule has 2 N–H and O–H groups in total. The monoisotopic (exact) mass is 323 g/mol. The van der Waals surface area contributed by atoms with Gasteiger partial charge in [0.25, 0.3) is 0 Å². The number of nitrogens with zero attached hydrogens (tertiary/aromatic N) is 3. The van der Waals surface area contributed by atoms with Crippen LogP contribution < -0.4 is 10.0 Å².